The van der Waals surface area contributed by atoms with Crippen LogP contribution in [-0.4, -0.2) is 11.4 Å². The fourth-order valence-corrected chi connectivity index (χ4v) is 2.56. The minimum Gasteiger partial charge on any atom is -0.365 e. The molecule has 2 N–H and O–H groups in total. The predicted molar refractivity (Wildman–Crippen MR) is 99.2 cm³/mol. The number of hydrogen-bond donors (Lipinski definition) is 2. The minimum atomic E-state index is -0.245. The van der Waals surface area contributed by atoms with Crippen molar-refractivity contribution in [3.8, 4) is 0 Å². The van der Waals surface area contributed by atoms with Crippen LogP contribution in [0.2, 0.25) is 0 Å². The summed E-state index contributed by atoms with van der Waals surface area (Å²) < 4.78 is 13.2. The van der Waals surface area contributed by atoms with Crippen LogP contribution in [0.25, 0.3) is 5.70 Å². The van der Waals surface area contributed by atoms with Gasteiger partial charge >= 0.3 is 0 Å². The lowest BCUT2D eigenvalue weighted by Crippen LogP contribution is -2.39. The van der Waals surface area contributed by atoms with Gasteiger partial charge in [-0.1, -0.05) is 6.07 Å². The first-order valence-electron chi connectivity index (χ1n) is 8.02. The van der Waals surface area contributed by atoms with Crippen LogP contribution in [0.3, 0.4) is 0 Å². The molecule has 0 unspecified atom stereocenters. The smallest absolute Gasteiger partial charge is 0.129 e. The Bertz CT molecular complexity index is 812. The van der Waals surface area contributed by atoms with Crippen LogP contribution in [0, 0.1) is 12.7 Å². The fraction of sp³-hybridized carbons (Fsp3) is 0.250. The third-order valence-electron chi connectivity index (χ3n) is 3.60. The molecule has 0 atom stereocenters. The molecule has 0 saturated carbocycles. The van der Waals surface area contributed by atoms with E-state index in [-0.39, 0.29) is 11.4 Å². The van der Waals surface area contributed by atoms with Crippen LogP contribution >= 0.6 is 0 Å². The quantitative estimate of drug-likeness (QED) is 0.773. The molecule has 0 spiro atoms. The Kier molecular flexibility index (Phi) is 4.14. The molecule has 3 rings (SSSR count). The van der Waals surface area contributed by atoms with E-state index in [9.17, 15) is 4.39 Å². The van der Waals surface area contributed by atoms with Crippen LogP contribution < -0.4 is 10.6 Å². The number of fused-ring (bicyclic) bond motifs is 1. The molecular weight excluding hydrogens is 301 g/mol. The highest BCUT2D eigenvalue weighted by Gasteiger charge is 2.16. The number of rotatable bonds is 1. The van der Waals surface area contributed by atoms with Gasteiger partial charge in [0.1, 0.15) is 11.7 Å². The fourth-order valence-electron chi connectivity index (χ4n) is 2.56. The molecule has 0 bridgehead atoms. The molecular formula is C20H22FN3. The highest BCUT2D eigenvalue weighted by atomic mass is 19.1. The number of amidine groups is 1. The second-order valence-corrected chi connectivity index (χ2v) is 7.08. The van der Waals surface area contributed by atoms with E-state index >= 15 is 0 Å². The van der Waals surface area contributed by atoms with Gasteiger partial charge in [-0.15, -0.1) is 0 Å². The van der Waals surface area contributed by atoms with E-state index in [1.54, 1.807) is 12.1 Å². The number of anilines is 1. The zero-order chi connectivity index (χ0) is 17.3. The summed E-state index contributed by atoms with van der Waals surface area (Å²) in [4.78, 5) is 4.75. The summed E-state index contributed by atoms with van der Waals surface area (Å²) in [7, 11) is 0. The molecule has 1 heterocycles. The highest BCUT2D eigenvalue weighted by molar-refractivity contribution is 6.05. The average molecular weight is 323 g/mol. The van der Waals surface area contributed by atoms with E-state index < -0.39 is 0 Å². The van der Waals surface area contributed by atoms with Crippen molar-refractivity contribution in [2.24, 2.45) is 4.99 Å². The van der Waals surface area contributed by atoms with Crippen LogP contribution in [0.5, 0.6) is 0 Å². The predicted octanol–water partition coefficient (Wildman–Crippen LogP) is 5.02. The maximum absolute atomic E-state index is 13.2. The van der Waals surface area contributed by atoms with Crippen molar-refractivity contribution >= 4 is 22.9 Å². The molecule has 0 saturated heterocycles. The lowest BCUT2D eigenvalue weighted by Gasteiger charge is -2.22. The van der Waals surface area contributed by atoms with Gasteiger partial charge in [-0.3, -0.25) is 0 Å². The van der Waals surface area contributed by atoms with E-state index in [2.05, 4.69) is 37.5 Å². The van der Waals surface area contributed by atoms with E-state index in [0.29, 0.717) is 0 Å². The number of aryl methyl sites for hydroxylation is 1. The Hall–Kier alpha value is -2.62. The van der Waals surface area contributed by atoms with Gasteiger partial charge in [-0.25, -0.2) is 9.38 Å². The monoisotopic (exact) mass is 323 g/mol. The number of halogens is 1. The molecule has 0 aliphatic carbocycles. The second-order valence-electron chi connectivity index (χ2n) is 7.08. The minimum absolute atomic E-state index is 0.113. The van der Waals surface area contributed by atoms with Crippen LogP contribution in [0.15, 0.2) is 53.5 Å². The first-order chi connectivity index (χ1) is 11.3. The maximum Gasteiger partial charge on any atom is 0.129 e. The zero-order valence-corrected chi connectivity index (χ0v) is 14.4. The zero-order valence-electron chi connectivity index (χ0n) is 14.4. The molecule has 1 aliphatic rings. The Morgan fingerprint density at radius 3 is 2.42 bits per heavy atom. The van der Waals surface area contributed by atoms with Crippen LogP contribution in [-0.2, 0) is 0 Å². The summed E-state index contributed by atoms with van der Waals surface area (Å²) >= 11 is 0. The SMILES string of the molecule is Cc1ccc2c(c1)NC(c1ccc(F)cc1)=CC(NC(C)(C)C)=N2. The summed E-state index contributed by atoms with van der Waals surface area (Å²) in [5.41, 5.74) is 4.65. The van der Waals surface area contributed by atoms with Crippen molar-refractivity contribution < 1.29 is 4.39 Å². The van der Waals surface area contributed by atoms with Gasteiger partial charge in [0.25, 0.3) is 0 Å². The van der Waals surface area contributed by atoms with Gasteiger partial charge in [0, 0.05) is 17.3 Å². The summed E-state index contributed by atoms with van der Waals surface area (Å²) in [6.07, 6.45) is 1.97. The largest absolute Gasteiger partial charge is 0.365 e. The van der Waals surface area contributed by atoms with Crippen molar-refractivity contribution in [1.82, 2.24) is 5.32 Å². The Morgan fingerprint density at radius 1 is 1.04 bits per heavy atom. The lowest BCUT2D eigenvalue weighted by atomic mass is 10.1. The van der Waals surface area contributed by atoms with Gasteiger partial charge in [-0.05, 0) is 75.2 Å². The normalized spacial score (nSPS) is 14.0. The second kappa shape index (κ2) is 6.11. The molecule has 2 aromatic rings. The van der Waals surface area contributed by atoms with E-state index in [0.717, 1.165) is 34.0 Å². The molecule has 2 aromatic carbocycles. The molecule has 0 amide bonds. The third-order valence-corrected chi connectivity index (χ3v) is 3.60. The number of hydrogen-bond acceptors (Lipinski definition) is 3. The molecule has 3 nitrogen and oxygen atoms in total. The number of aliphatic imine (C=N–C) groups is 1. The summed E-state index contributed by atoms with van der Waals surface area (Å²) in [5, 5.41) is 6.86. The van der Waals surface area contributed by atoms with Crippen molar-refractivity contribution in [2.45, 2.75) is 33.2 Å². The number of nitrogens with zero attached hydrogens (tertiary/aromatic N) is 1. The third kappa shape index (κ3) is 3.82. The van der Waals surface area contributed by atoms with Gasteiger partial charge in [0.2, 0.25) is 0 Å². The molecule has 4 heteroatoms. The number of nitrogens with one attached hydrogen (secondary N) is 2. The number of benzene rings is 2. The molecule has 24 heavy (non-hydrogen) atoms. The van der Waals surface area contributed by atoms with Gasteiger partial charge in [-0.2, -0.15) is 0 Å². The van der Waals surface area contributed by atoms with Crippen molar-refractivity contribution in [3.05, 3.63) is 65.5 Å². The summed E-state index contributed by atoms with van der Waals surface area (Å²) in [6.45, 7) is 8.33. The van der Waals surface area contributed by atoms with Gasteiger partial charge in [0.15, 0.2) is 0 Å². The highest BCUT2D eigenvalue weighted by Crippen LogP contribution is 2.32. The van der Waals surface area contributed by atoms with E-state index in [4.69, 9.17) is 4.99 Å². The van der Waals surface area contributed by atoms with Gasteiger partial charge in [0.05, 0.1) is 11.4 Å². The van der Waals surface area contributed by atoms with E-state index in [1.165, 1.54) is 12.1 Å². The van der Waals surface area contributed by atoms with Crippen molar-refractivity contribution in [2.75, 3.05) is 5.32 Å². The Labute approximate surface area is 142 Å². The van der Waals surface area contributed by atoms with Gasteiger partial charge < -0.3 is 10.6 Å². The molecule has 0 aromatic heterocycles. The molecule has 0 fully saturated rings. The van der Waals surface area contributed by atoms with Crippen LogP contribution in [0.4, 0.5) is 15.8 Å². The first kappa shape index (κ1) is 16.2. The summed E-state index contributed by atoms with van der Waals surface area (Å²) in [6, 6.07) is 12.6. The maximum atomic E-state index is 13.2. The van der Waals surface area contributed by atoms with E-state index in [1.807, 2.05) is 25.1 Å². The van der Waals surface area contributed by atoms with Crippen LogP contribution in [0.1, 0.15) is 31.9 Å². The average Bonchev–Trinajstić information content (AvgIpc) is 2.65. The summed E-state index contributed by atoms with van der Waals surface area (Å²) in [5.74, 6) is 0.530. The van der Waals surface area contributed by atoms with Crippen molar-refractivity contribution in [3.63, 3.8) is 0 Å². The molecule has 1 aliphatic heterocycles. The topological polar surface area (TPSA) is 36.4 Å². The molecule has 0 radical (unpaired) electrons. The standard InChI is InChI=1S/C20H22FN3/c1-13-5-10-16-18(11-13)22-17(14-6-8-15(21)9-7-14)12-19(23-16)24-20(2,3)4/h5-12,22H,1-4H3,(H,23,24). The first-order valence-corrected chi connectivity index (χ1v) is 8.02. The Morgan fingerprint density at radius 2 is 1.75 bits per heavy atom. The Balaban J connectivity index is 2.08. The van der Waals surface area contributed by atoms with Crippen molar-refractivity contribution in [1.29, 1.82) is 0 Å². The lowest BCUT2D eigenvalue weighted by molar-refractivity contribution is 0.513. The molecule has 124 valence electrons.